The summed E-state index contributed by atoms with van der Waals surface area (Å²) in [6, 6.07) is 41.0. The first-order chi connectivity index (χ1) is 29.0. The molecule has 0 aliphatic rings. The number of nitrogens with one attached hydrogen (secondary N) is 7. The van der Waals surface area contributed by atoms with Crippen molar-refractivity contribution in [2.75, 3.05) is 0 Å². The molecule has 60 heavy (non-hydrogen) atoms. The van der Waals surface area contributed by atoms with Gasteiger partial charge in [-0.05, 0) is 0 Å². The lowest BCUT2D eigenvalue weighted by Gasteiger charge is -2.09. The highest BCUT2D eigenvalue weighted by atomic mass is 19.1. The lowest BCUT2D eigenvalue weighted by Crippen LogP contribution is -2.39. The topological polar surface area (TPSA) is 270 Å². The van der Waals surface area contributed by atoms with E-state index in [0.29, 0.717) is 0 Å². The molecule has 0 saturated carbocycles. The molecule has 7 aromatic heterocycles. The maximum atomic E-state index is 10.9. The minimum absolute atomic E-state index is 0.762. The number of pyridine rings is 7. The summed E-state index contributed by atoms with van der Waals surface area (Å²) in [5, 5.41) is 59.0. The van der Waals surface area contributed by atoms with E-state index in [0.717, 1.165) is 6.26 Å². The van der Waals surface area contributed by atoms with E-state index >= 15 is 0 Å². The highest BCUT2D eigenvalue weighted by Gasteiger charge is 1.87. The molecule has 0 fully saturated rings. The number of aromatic nitrogens is 7. The third kappa shape index (κ3) is 88.5. The first kappa shape index (κ1) is 60.0. The van der Waals surface area contributed by atoms with E-state index in [1.165, 1.54) is 0 Å². The van der Waals surface area contributed by atoms with Crippen molar-refractivity contribution in [1.29, 1.82) is 0 Å². The normalized spacial score (nSPS) is 7.65. The van der Waals surface area contributed by atoms with Crippen molar-refractivity contribution in [3.05, 3.63) is 227 Å². The summed E-state index contributed by atoms with van der Waals surface area (Å²) in [5.41, 5.74) is 0. The molecule has 316 valence electrons. The van der Waals surface area contributed by atoms with Crippen LogP contribution in [0.4, 0.5) is 17.3 Å². The lowest BCUT2D eigenvalue weighted by molar-refractivity contribution is -0.378. The van der Waals surface area contributed by atoms with Crippen LogP contribution in [0.3, 0.4) is 0 Å². The number of hydrogen-bond donors (Lipinski definition) is 0. The highest BCUT2D eigenvalue weighted by molar-refractivity contribution is 6.31. The SMILES string of the molecule is C=COB([O-])F.[O-]B([O-])F.[O-]B([O-])F.[O-]B([O-])F.c1cc[nH+]cc1.c1cc[nH+]cc1.c1cc[nH+]cc1.c1cc[nH+]cc1.c1cc[nH+]cc1.c1cc[nH+]cc1.c1cc[nH+]cc1. The van der Waals surface area contributed by atoms with Gasteiger partial charge in [0.1, 0.15) is 22.2 Å². The van der Waals surface area contributed by atoms with Gasteiger partial charge in [0.2, 0.25) is 0 Å². The van der Waals surface area contributed by atoms with Crippen molar-refractivity contribution in [3.63, 3.8) is 0 Å². The number of halogens is 4. The summed E-state index contributed by atoms with van der Waals surface area (Å²) >= 11 is 0. The molecule has 0 aliphatic heterocycles. The first-order valence-electron chi connectivity index (χ1n) is 16.8. The van der Waals surface area contributed by atoms with Crippen LogP contribution in [0.2, 0.25) is 0 Å². The van der Waals surface area contributed by atoms with Gasteiger partial charge in [-0.3, -0.25) is 4.32 Å². The Hall–Kier alpha value is -6.71. The molecule has 0 unspecified atom stereocenters. The molecule has 0 aromatic carbocycles. The van der Waals surface area contributed by atoms with Crippen molar-refractivity contribution in [3.8, 4) is 0 Å². The predicted octanol–water partition coefficient (Wildman–Crippen LogP) is -4.05. The third-order valence-corrected chi connectivity index (χ3v) is 4.45. The second-order valence-electron chi connectivity index (χ2n) is 8.94. The van der Waals surface area contributed by atoms with Gasteiger partial charge in [0.05, 0.1) is 6.26 Å². The average molecular weight is 835 g/mol. The monoisotopic (exact) mass is 835 g/mol. The van der Waals surface area contributed by atoms with Crippen LogP contribution in [-0.4, -0.2) is 29.6 Å². The zero-order valence-corrected chi connectivity index (χ0v) is 32.1. The Morgan fingerprint density at radius 2 is 0.417 bits per heavy atom. The Kier molecular flexibility index (Phi) is 56.6. The molecule has 0 radical (unpaired) electrons. The number of hydrogen-bond acceptors (Lipinski definition) is 8. The second-order valence-corrected chi connectivity index (χ2v) is 8.94. The van der Waals surface area contributed by atoms with Crippen LogP contribution in [0.5, 0.6) is 0 Å². The summed E-state index contributed by atoms with van der Waals surface area (Å²) in [6.45, 7) is 2.94. The van der Waals surface area contributed by atoms with Gasteiger partial charge >= 0.3 is 7.40 Å². The molecule has 0 bridgehead atoms. The van der Waals surface area contributed by atoms with Gasteiger partial charge in [-0.2, -0.15) is 0 Å². The molecule has 7 N–H and O–H groups in total. The van der Waals surface area contributed by atoms with Crippen LogP contribution < -0.4 is 70.1 Å². The van der Waals surface area contributed by atoms with E-state index in [1.807, 2.05) is 214 Å². The Bertz CT molecular complexity index is 1150. The molecule has 7 rings (SSSR count). The van der Waals surface area contributed by atoms with E-state index in [-0.39, 0.29) is 0 Å². The van der Waals surface area contributed by atoms with Gasteiger partial charge in [0, 0.05) is 84.9 Å². The molecule has 23 heteroatoms. The van der Waals surface area contributed by atoms with Gasteiger partial charge in [0.15, 0.2) is 86.8 Å². The van der Waals surface area contributed by atoms with Crippen molar-refractivity contribution in [1.82, 2.24) is 0 Å². The van der Waals surface area contributed by atoms with Gasteiger partial charge < -0.3 is 52.8 Å². The summed E-state index contributed by atoms with van der Waals surface area (Å²) < 4.78 is 44.1. The van der Waals surface area contributed by atoms with Crippen molar-refractivity contribution < 1.29 is 92.0 Å². The van der Waals surface area contributed by atoms with Gasteiger partial charge in [-0.25, -0.2) is 34.9 Å². The molecule has 15 nitrogen and oxygen atoms in total. The fourth-order valence-electron chi connectivity index (χ4n) is 2.47. The van der Waals surface area contributed by atoms with Crippen molar-refractivity contribution >= 4 is 29.6 Å². The van der Waals surface area contributed by atoms with Gasteiger partial charge in [0.25, 0.3) is 0 Å². The van der Waals surface area contributed by atoms with Crippen LogP contribution in [0.25, 0.3) is 0 Å². The highest BCUT2D eigenvalue weighted by Crippen LogP contribution is 1.74. The second kappa shape index (κ2) is 56.6. The molecule has 0 atom stereocenters. The minimum Gasteiger partial charge on any atom is -0.867 e. The van der Waals surface area contributed by atoms with E-state index in [9.17, 15) is 17.3 Å². The summed E-state index contributed by atoms with van der Waals surface area (Å²) in [6.07, 6.45) is 27.0. The zero-order valence-electron chi connectivity index (χ0n) is 32.1. The Balaban J connectivity index is -0.000000289. The van der Waals surface area contributed by atoms with E-state index in [2.05, 4.69) is 46.1 Å². The summed E-state index contributed by atoms with van der Waals surface area (Å²) in [4.78, 5) is 20.2. The van der Waals surface area contributed by atoms with E-state index < -0.39 is 29.6 Å². The maximum absolute atomic E-state index is 10.9. The minimum atomic E-state index is -3.17. The van der Waals surface area contributed by atoms with Crippen LogP contribution in [0.15, 0.2) is 227 Å². The Morgan fingerprint density at radius 3 is 0.433 bits per heavy atom. The average Bonchev–Trinajstić information content (AvgIpc) is 3.29. The van der Waals surface area contributed by atoms with Crippen LogP contribution in [-0.2, 0) is 4.65 Å². The van der Waals surface area contributed by atoms with Crippen LogP contribution >= 0.6 is 0 Å². The molecule has 0 aliphatic carbocycles. The van der Waals surface area contributed by atoms with Crippen molar-refractivity contribution in [2.45, 2.75) is 0 Å². The molecule has 7 aromatic rings. The third-order valence-electron chi connectivity index (χ3n) is 4.45. The van der Waals surface area contributed by atoms with Gasteiger partial charge in [-0.15, -0.1) is 0 Å². The summed E-state index contributed by atoms with van der Waals surface area (Å²) in [5.74, 6) is 0. The lowest BCUT2D eigenvalue weighted by atomic mass is 10.3. The molecule has 0 amide bonds. The molecule has 7 heterocycles. The molecular weight excluding hydrogens is 790 g/mol. The number of H-pyrrole nitrogens is 7. The standard InChI is InChI=1S/7C5H5N.C2H3BFO2.3BFO2/c7*1-2-4-6-5-3-1;1-2-6-3(4)5;3*2-1(3)4/h7*1-5H;2H,1H2;;;/q;;;;;;;-1;3*-2/p+7. The van der Waals surface area contributed by atoms with E-state index in [1.54, 1.807) is 0 Å². The number of aromatic amines is 7. The van der Waals surface area contributed by atoms with E-state index in [4.69, 9.17) is 35.2 Å². The van der Waals surface area contributed by atoms with Crippen molar-refractivity contribution in [2.24, 2.45) is 0 Å². The number of rotatable bonds is 2. The zero-order chi connectivity index (χ0) is 45.4. The molecule has 0 spiro atoms. The molecule has 0 saturated heterocycles. The maximum Gasteiger partial charge on any atom is 0.464 e. The van der Waals surface area contributed by atoms with Crippen LogP contribution in [0.1, 0.15) is 0 Å². The summed E-state index contributed by atoms with van der Waals surface area (Å²) in [7, 11) is -12.0. The Labute approximate surface area is 348 Å². The fraction of sp³-hybridized carbons (Fsp3) is 0. The smallest absolute Gasteiger partial charge is 0.464 e. The fourth-order valence-corrected chi connectivity index (χ4v) is 2.47. The first-order valence-corrected chi connectivity index (χ1v) is 16.8. The Morgan fingerprint density at radius 1 is 0.300 bits per heavy atom. The predicted molar refractivity (Wildman–Crippen MR) is 200 cm³/mol. The van der Waals surface area contributed by atoms with Crippen LogP contribution in [0, 0.1) is 0 Å². The molecular formula is C37H45B4F4N7O8. The quantitative estimate of drug-likeness (QED) is 0.0938. The largest absolute Gasteiger partial charge is 0.867 e. The van der Waals surface area contributed by atoms with Gasteiger partial charge in [-0.1, -0.05) is 49.0 Å².